The standard InChI is InChI=1S/C13H12N4O5/c18-10-2-1-6(17(21)22)3-7(10)11-12-8(14-5-15-12)4-9(16-11)13(19)20/h1-3,5,9,11,16,18H,4H2,(H,14,15)(H,19,20)/t9-,11+/m1/s1. The number of nitro groups is 1. The number of non-ortho nitro benzene ring substituents is 1. The number of hydrogen-bond acceptors (Lipinski definition) is 6. The third-order valence-electron chi connectivity index (χ3n) is 3.63. The second-order valence-electron chi connectivity index (χ2n) is 4.96. The van der Waals surface area contributed by atoms with Gasteiger partial charge in [0, 0.05) is 29.8 Å². The number of phenolic OH excluding ortho intramolecular Hbond substituents is 1. The number of aromatic nitrogens is 2. The molecule has 1 aliphatic heterocycles. The van der Waals surface area contributed by atoms with Crippen LogP contribution < -0.4 is 5.32 Å². The average Bonchev–Trinajstić information content (AvgIpc) is 2.94. The Morgan fingerprint density at radius 2 is 2.23 bits per heavy atom. The highest BCUT2D eigenvalue weighted by Gasteiger charge is 2.34. The van der Waals surface area contributed by atoms with Crippen molar-refractivity contribution in [3.8, 4) is 5.75 Å². The van der Waals surface area contributed by atoms with Crippen molar-refractivity contribution in [1.29, 1.82) is 0 Å². The maximum Gasteiger partial charge on any atom is 0.321 e. The lowest BCUT2D eigenvalue weighted by Crippen LogP contribution is -2.45. The van der Waals surface area contributed by atoms with Gasteiger partial charge in [0.1, 0.15) is 11.8 Å². The molecule has 0 bridgehead atoms. The van der Waals surface area contributed by atoms with Gasteiger partial charge in [0.2, 0.25) is 0 Å². The number of aromatic amines is 1. The van der Waals surface area contributed by atoms with E-state index in [1.54, 1.807) is 0 Å². The number of benzene rings is 1. The van der Waals surface area contributed by atoms with Gasteiger partial charge in [-0.15, -0.1) is 0 Å². The molecule has 9 heteroatoms. The van der Waals surface area contributed by atoms with Crippen LogP contribution in [0.1, 0.15) is 23.0 Å². The van der Waals surface area contributed by atoms with Crippen LogP contribution in [-0.2, 0) is 11.2 Å². The van der Waals surface area contributed by atoms with Gasteiger partial charge >= 0.3 is 5.97 Å². The first kappa shape index (κ1) is 14.0. The van der Waals surface area contributed by atoms with E-state index in [0.29, 0.717) is 11.4 Å². The second-order valence-corrected chi connectivity index (χ2v) is 4.96. The number of carboxylic acids is 1. The molecule has 22 heavy (non-hydrogen) atoms. The minimum absolute atomic E-state index is 0.164. The number of imidazole rings is 1. The first-order valence-electron chi connectivity index (χ1n) is 6.45. The number of rotatable bonds is 3. The van der Waals surface area contributed by atoms with E-state index in [-0.39, 0.29) is 23.4 Å². The molecule has 0 saturated carbocycles. The number of aliphatic carboxylic acids is 1. The number of fused-ring (bicyclic) bond motifs is 1. The van der Waals surface area contributed by atoms with E-state index < -0.39 is 23.0 Å². The SMILES string of the molecule is O=C(O)[C@H]1Cc2[nH]cnc2[C@H](c2cc([N+](=O)[O-])ccc2O)N1. The largest absolute Gasteiger partial charge is 0.508 e. The third-order valence-corrected chi connectivity index (χ3v) is 3.63. The average molecular weight is 304 g/mol. The molecule has 114 valence electrons. The van der Waals surface area contributed by atoms with Crippen molar-refractivity contribution in [3.63, 3.8) is 0 Å². The number of nitrogens with one attached hydrogen (secondary N) is 2. The summed E-state index contributed by atoms with van der Waals surface area (Å²) >= 11 is 0. The Morgan fingerprint density at radius 1 is 1.45 bits per heavy atom. The van der Waals surface area contributed by atoms with Crippen LogP contribution in [0.25, 0.3) is 0 Å². The van der Waals surface area contributed by atoms with Crippen molar-refractivity contribution in [3.05, 3.63) is 51.6 Å². The van der Waals surface area contributed by atoms with Crippen LogP contribution in [0.5, 0.6) is 5.75 Å². The number of phenols is 1. The number of nitro benzene ring substituents is 1. The van der Waals surface area contributed by atoms with Crippen LogP contribution >= 0.6 is 0 Å². The summed E-state index contributed by atoms with van der Waals surface area (Å²) in [6.07, 6.45) is 1.65. The topological polar surface area (TPSA) is 141 Å². The summed E-state index contributed by atoms with van der Waals surface area (Å²) < 4.78 is 0. The predicted octanol–water partition coefficient (Wildman–Crippen LogP) is 0.712. The van der Waals surface area contributed by atoms with Gasteiger partial charge in [-0.2, -0.15) is 0 Å². The number of carbonyl (C=O) groups is 1. The van der Waals surface area contributed by atoms with Gasteiger partial charge in [0.25, 0.3) is 5.69 Å². The molecule has 9 nitrogen and oxygen atoms in total. The highest BCUT2D eigenvalue weighted by atomic mass is 16.6. The Hall–Kier alpha value is -2.94. The van der Waals surface area contributed by atoms with Crippen LogP contribution in [0.2, 0.25) is 0 Å². The zero-order valence-corrected chi connectivity index (χ0v) is 11.2. The fourth-order valence-electron chi connectivity index (χ4n) is 2.57. The summed E-state index contributed by atoms with van der Waals surface area (Å²) in [5, 5.41) is 33.0. The lowest BCUT2D eigenvalue weighted by molar-refractivity contribution is -0.385. The van der Waals surface area contributed by atoms with Gasteiger partial charge in [-0.25, -0.2) is 4.98 Å². The van der Waals surface area contributed by atoms with Gasteiger partial charge in [-0.05, 0) is 6.07 Å². The number of carboxylic acid groups (broad SMARTS) is 1. The quantitative estimate of drug-likeness (QED) is 0.483. The van der Waals surface area contributed by atoms with Crippen molar-refractivity contribution < 1.29 is 19.9 Å². The molecule has 0 spiro atoms. The molecule has 2 atom stereocenters. The van der Waals surface area contributed by atoms with Crippen LogP contribution in [0.3, 0.4) is 0 Å². The Kier molecular flexibility index (Phi) is 3.26. The monoisotopic (exact) mass is 304 g/mol. The van der Waals surface area contributed by atoms with Crippen molar-refractivity contribution in [2.45, 2.75) is 18.5 Å². The van der Waals surface area contributed by atoms with E-state index in [0.717, 1.165) is 0 Å². The number of nitrogens with zero attached hydrogens (tertiary/aromatic N) is 2. The Balaban J connectivity index is 2.09. The van der Waals surface area contributed by atoms with Crippen LogP contribution in [0.4, 0.5) is 5.69 Å². The molecule has 1 aromatic heterocycles. The van der Waals surface area contributed by atoms with Crippen molar-refractivity contribution >= 4 is 11.7 Å². The van der Waals surface area contributed by atoms with E-state index in [2.05, 4.69) is 15.3 Å². The lowest BCUT2D eigenvalue weighted by atomic mass is 9.93. The lowest BCUT2D eigenvalue weighted by Gasteiger charge is -2.28. The highest BCUT2D eigenvalue weighted by molar-refractivity contribution is 5.74. The molecular formula is C13H12N4O5. The Morgan fingerprint density at radius 3 is 2.91 bits per heavy atom. The molecule has 0 amide bonds. The molecule has 1 aliphatic rings. The van der Waals surface area contributed by atoms with Gasteiger partial charge in [-0.1, -0.05) is 0 Å². The number of H-pyrrole nitrogens is 1. The van der Waals surface area contributed by atoms with E-state index in [9.17, 15) is 25.1 Å². The van der Waals surface area contributed by atoms with Crippen LogP contribution in [0, 0.1) is 10.1 Å². The summed E-state index contributed by atoms with van der Waals surface area (Å²) in [7, 11) is 0. The van der Waals surface area contributed by atoms with Gasteiger partial charge in [-0.3, -0.25) is 20.2 Å². The fraction of sp³-hybridized carbons (Fsp3) is 0.231. The normalized spacial score (nSPS) is 20.4. The van der Waals surface area contributed by atoms with Crippen molar-refractivity contribution in [1.82, 2.24) is 15.3 Å². The van der Waals surface area contributed by atoms with Gasteiger partial charge in [0.15, 0.2) is 0 Å². The first-order chi connectivity index (χ1) is 10.5. The van der Waals surface area contributed by atoms with Crippen molar-refractivity contribution in [2.75, 3.05) is 0 Å². The maximum atomic E-state index is 11.3. The summed E-state index contributed by atoms with van der Waals surface area (Å²) in [5.74, 6) is -1.21. The minimum Gasteiger partial charge on any atom is -0.508 e. The molecule has 4 N–H and O–H groups in total. The predicted molar refractivity (Wildman–Crippen MR) is 73.5 cm³/mol. The van der Waals surface area contributed by atoms with Crippen LogP contribution in [0.15, 0.2) is 24.5 Å². The Bertz CT molecular complexity index is 757. The molecule has 3 rings (SSSR count). The maximum absolute atomic E-state index is 11.3. The van der Waals surface area contributed by atoms with E-state index in [4.69, 9.17) is 0 Å². The van der Waals surface area contributed by atoms with Gasteiger partial charge in [0.05, 0.1) is 23.0 Å². The molecule has 2 heterocycles. The molecular weight excluding hydrogens is 292 g/mol. The summed E-state index contributed by atoms with van der Waals surface area (Å²) in [6.45, 7) is 0. The highest BCUT2D eigenvalue weighted by Crippen LogP contribution is 2.35. The summed E-state index contributed by atoms with van der Waals surface area (Å²) in [4.78, 5) is 28.6. The second kappa shape index (κ2) is 5.11. The molecule has 2 aromatic rings. The zero-order valence-electron chi connectivity index (χ0n) is 11.2. The summed E-state index contributed by atoms with van der Waals surface area (Å²) in [6, 6.07) is 2.00. The smallest absolute Gasteiger partial charge is 0.321 e. The summed E-state index contributed by atoms with van der Waals surface area (Å²) in [5.41, 5.74) is 1.17. The molecule has 0 radical (unpaired) electrons. The number of hydrogen-bond donors (Lipinski definition) is 4. The molecule has 0 aliphatic carbocycles. The first-order valence-corrected chi connectivity index (χ1v) is 6.45. The van der Waals surface area contributed by atoms with E-state index in [1.165, 1.54) is 24.5 Å². The molecule has 0 saturated heterocycles. The third kappa shape index (κ3) is 2.27. The minimum atomic E-state index is -1.05. The molecule has 1 aromatic carbocycles. The van der Waals surface area contributed by atoms with E-state index >= 15 is 0 Å². The molecule has 0 unspecified atom stereocenters. The Labute approximate surface area is 123 Å². The van der Waals surface area contributed by atoms with Crippen molar-refractivity contribution in [2.24, 2.45) is 0 Å². The van der Waals surface area contributed by atoms with E-state index in [1.807, 2.05) is 0 Å². The fourth-order valence-corrected chi connectivity index (χ4v) is 2.57. The van der Waals surface area contributed by atoms with Crippen LogP contribution in [-0.4, -0.2) is 37.1 Å². The molecule has 0 fully saturated rings. The van der Waals surface area contributed by atoms with Gasteiger partial charge < -0.3 is 15.2 Å². The zero-order chi connectivity index (χ0) is 15.9. The number of aromatic hydroxyl groups is 1.